The fraction of sp³-hybridized carbons (Fsp3) is 0.273. The number of carboxylic acids is 1. The van der Waals surface area contributed by atoms with Gasteiger partial charge < -0.3 is 9.84 Å². The molecule has 0 spiro atoms. The van der Waals surface area contributed by atoms with E-state index in [9.17, 15) is 13.6 Å². The largest absolute Gasteiger partial charge is 0.481 e. The first kappa shape index (κ1) is 12.9. The van der Waals surface area contributed by atoms with Crippen molar-refractivity contribution in [3.8, 4) is 11.8 Å². The number of hydrogen-bond acceptors (Lipinski definition) is 3. The second kappa shape index (κ2) is 5.25. The Morgan fingerprint density at radius 2 is 2.24 bits per heavy atom. The molecule has 0 aliphatic rings. The van der Waals surface area contributed by atoms with E-state index in [1.807, 2.05) is 0 Å². The van der Waals surface area contributed by atoms with Crippen LogP contribution in [0.2, 0.25) is 0 Å². The number of alkyl halides is 2. The highest BCUT2D eigenvalue weighted by molar-refractivity contribution is 5.72. The number of nitriles is 1. The zero-order valence-electron chi connectivity index (χ0n) is 8.91. The molecule has 0 aliphatic carbocycles. The average molecular weight is 241 g/mol. The molecule has 6 heteroatoms. The number of benzene rings is 1. The number of ether oxygens (including phenoxy) is 1. The van der Waals surface area contributed by atoms with Crippen LogP contribution in [-0.2, 0) is 11.2 Å². The van der Waals surface area contributed by atoms with Crippen molar-refractivity contribution in [3.05, 3.63) is 28.8 Å². The molecule has 0 heterocycles. The summed E-state index contributed by atoms with van der Waals surface area (Å²) in [5.41, 5.74) is 0.552. The number of carboxylic acid groups (broad SMARTS) is 1. The summed E-state index contributed by atoms with van der Waals surface area (Å²) in [5.74, 6) is -1.21. The molecule has 1 aromatic carbocycles. The lowest BCUT2D eigenvalue weighted by molar-refractivity contribution is -0.136. The first-order valence-corrected chi connectivity index (χ1v) is 4.65. The van der Waals surface area contributed by atoms with Crippen molar-refractivity contribution in [2.45, 2.75) is 20.0 Å². The summed E-state index contributed by atoms with van der Waals surface area (Å²) in [5, 5.41) is 17.5. The van der Waals surface area contributed by atoms with Crippen molar-refractivity contribution in [3.63, 3.8) is 0 Å². The van der Waals surface area contributed by atoms with Gasteiger partial charge in [-0.3, -0.25) is 4.79 Å². The zero-order valence-corrected chi connectivity index (χ0v) is 8.91. The molecule has 0 saturated carbocycles. The van der Waals surface area contributed by atoms with Crippen molar-refractivity contribution in [2.24, 2.45) is 0 Å². The molecule has 0 saturated heterocycles. The van der Waals surface area contributed by atoms with Crippen molar-refractivity contribution < 1.29 is 23.4 Å². The number of carbonyl (C=O) groups is 1. The van der Waals surface area contributed by atoms with Gasteiger partial charge in [0, 0.05) is 5.56 Å². The second-order valence-electron chi connectivity index (χ2n) is 3.28. The van der Waals surface area contributed by atoms with E-state index < -0.39 is 12.6 Å². The SMILES string of the molecule is Cc1c(OC(F)F)ccc(CC(=O)O)c1C#N. The second-order valence-corrected chi connectivity index (χ2v) is 3.28. The molecule has 0 fully saturated rings. The first-order chi connectivity index (χ1) is 7.95. The Labute approximate surface area is 96.0 Å². The summed E-state index contributed by atoms with van der Waals surface area (Å²) in [4.78, 5) is 10.6. The molecule has 4 nitrogen and oxygen atoms in total. The molecule has 0 radical (unpaired) electrons. The van der Waals surface area contributed by atoms with Gasteiger partial charge >= 0.3 is 12.6 Å². The number of rotatable bonds is 4. The maximum absolute atomic E-state index is 12.0. The van der Waals surface area contributed by atoms with E-state index in [2.05, 4.69) is 4.74 Å². The van der Waals surface area contributed by atoms with E-state index in [0.717, 1.165) is 0 Å². The van der Waals surface area contributed by atoms with Gasteiger partial charge in [0.1, 0.15) is 5.75 Å². The van der Waals surface area contributed by atoms with Crippen molar-refractivity contribution in [2.75, 3.05) is 0 Å². The number of nitrogens with zero attached hydrogens (tertiary/aromatic N) is 1. The Balaban J connectivity index is 3.18. The van der Waals surface area contributed by atoms with Gasteiger partial charge in [-0.15, -0.1) is 0 Å². The molecule has 1 aromatic rings. The molecule has 1 rings (SSSR count). The van der Waals surface area contributed by atoms with Crippen LogP contribution in [0, 0.1) is 18.3 Å². The lowest BCUT2D eigenvalue weighted by Gasteiger charge is -2.11. The van der Waals surface area contributed by atoms with Crippen LogP contribution in [0.15, 0.2) is 12.1 Å². The summed E-state index contributed by atoms with van der Waals surface area (Å²) < 4.78 is 28.3. The summed E-state index contributed by atoms with van der Waals surface area (Å²) in [6.45, 7) is -1.55. The average Bonchev–Trinajstić information content (AvgIpc) is 2.21. The molecule has 0 aromatic heterocycles. The third kappa shape index (κ3) is 3.14. The van der Waals surface area contributed by atoms with Gasteiger partial charge in [0.25, 0.3) is 0 Å². The van der Waals surface area contributed by atoms with E-state index in [-0.39, 0.29) is 28.9 Å². The van der Waals surface area contributed by atoms with Crippen LogP contribution in [0.25, 0.3) is 0 Å². The predicted molar refractivity (Wildman–Crippen MR) is 53.9 cm³/mol. The number of halogens is 2. The lowest BCUT2D eigenvalue weighted by atomic mass is 10.00. The molecular weight excluding hydrogens is 232 g/mol. The molecule has 0 bridgehead atoms. The third-order valence-corrected chi connectivity index (χ3v) is 2.17. The van der Waals surface area contributed by atoms with Gasteiger partial charge in [0.2, 0.25) is 0 Å². The van der Waals surface area contributed by atoms with Gasteiger partial charge in [-0.1, -0.05) is 6.07 Å². The maximum atomic E-state index is 12.0. The van der Waals surface area contributed by atoms with Crippen LogP contribution < -0.4 is 4.74 Å². The first-order valence-electron chi connectivity index (χ1n) is 4.65. The van der Waals surface area contributed by atoms with Crippen molar-refractivity contribution >= 4 is 5.97 Å². The normalized spacial score (nSPS) is 10.1. The fourth-order valence-electron chi connectivity index (χ4n) is 1.44. The molecule has 0 atom stereocenters. The van der Waals surface area contributed by atoms with E-state index in [0.29, 0.717) is 0 Å². The Kier molecular flexibility index (Phi) is 3.99. The zero-order chi connectivity index (χ0) is 13.0. The fourth-order valence-corrected chi connectivity index (χ4v) is 1.44. The van der Waals surface area contributed by atoms with Crippen LogP contribution >= 0.6 is 0 Å². The molecule has 0 amide bonds. The summed E-state index contributed by atoms with van der Waals surface area (Å²) in [6, 6.07) is 4.33. The van der Waals surface area contributed by atoms with E-state index in [1.54, 1.807) is 6.07 Å². The standard InChI is InChI=1S/C11H9F2NO3/c1-6-8(5-14)7(4-10(15)16)2-3-9(6)17-11(12)13/h2-3,11H,4H2,1H3,(H,15,16). The molecule has 0 unspecified atom stereocenters. The molecular formula is C11H9F2NO3. The quantitative estimate of drug-likeness (QED) is 0.876. The van der Waals surface area contributed by atoms with Crippen LogP contribution in [0.4, 0.5) is 8.78 Å². The van der Waals surface area contributed by atoms with Crippen LogP contribution in [0.5, 0.6) is 5.75 Å². The van der Waals surface area contributed by atoms with E-state index >= 15 is 0 Å². The summed E-state index contributed by atoms with van der Waals surface area (Å²) in [7, 11) is 0. The van der Waals surface area contributed by atoms with Crippen LogP contribution in [-0.4, -0.2) is 17.7 Å². The van der Waals surface area contributed by atoms with Crippen molar-refractivity contribution in [1.82, 2.24) is 0 Å². The highest BCUT2D eigenvalue weighted by Crippen LogP contribution is 2.26. The third-order valence-electron chi connectivity index (χ3n) is 2.17. The maximum Gasteiger partial charge on any atom is 0.387 e. The minimum Gasteiger partial charge on any atom is -0.481 e. The summed E-state index contributed by atoms with van der Waals surface area (Å²) in [6.07, 6.45) is -0.335. The number of hydrogen-bond donors (Lipinski definition) is 1. The van der Waals surface area contributed by atoms with Crippen LogP contribution in [0.1, 0.15) is 16.7 Å². The van der Waals surface area contributed by atoms with Gasteiger partial charge in [-0.05, 0) is 18.6 Å². The molecule has 0 aliphatic heterocycles. The van der Waals surface area contributed by atoms with Gasteiger partial charge in [0.05, 0.1) is 18.1 Å². The van der Waals surface area contributed by atoms with Gasteiger partial charge in [-0.2, -0.15) is 14.0 Å². The highest BCUT2D eigenvalue weighted by atomic mass is 19.3. The van der Waals surface area contributed by atoms with Gasteiger partial charge in [-0.25, -0.2) is 0 Å². The predicted octanol–water partition coefficient (Wildman–Crippen LogP) is 2.10. The number of aliphatic carboxylic acids is 1. The minimum absolute atomic E-state index is 0.0607. The Hall–Kier alpha value is -2.16. The highest BCUT2D eigenvalue weighted by Gasteiger charge is 2.15. The van der Waals surface area contributed by atoms with E-state index in [1.165, 1.54) is 19.1 Å². The molecule has 17 heavy (non-hydrogen) atoms. The smallest absolute Gasteiger partial charge is 0.387 e. The lowest BCUT2D eigenvalue weighted by Crippen LogP contribution is -2.07. The monoisotopic (exact) mass is 241 g/mol. The minimum atomic E-state index is -2.98. The van der Waals surface area contributed by atoms with Gasteiger partial charge in [0.15, 0.2) is 0 Å². The van der Waals surface area contributed by atoms with Crippen LogP contribution in [0.3, 0.4) is 0 Å². The Morgan fingerprint density at radius 3 is 2.71 bits per heavy atom. The van der Waals surface area contributed by atoms with E-state index in [4.69, 9.17) is 10.4 Å². The topological polar surface area (TPSA) is 70.3 Å². The molecule has 90 valence electrons. The Morgan fingerprint density at radius 1 is 1.59 bits per heavy atom. The summed E-state index contributed by atoms with van der Waals surface area (Å²) >= 11 is 0. The van der Waals surface area contributed by atoms with Crippen molar-refractivity contribution in [1.29, 1.82) is 5.26 Å². The molecule has 1 N–H and O–H groups in total. The Bertz CT molecular complexity index is 480.